The summed E-state index contributed by atoms with van der Waals surface area (Å²) in [6.07, 6.45) is 10.2. The minimum atomic E-state index is -0.197. The molecule has 0 radical (unpaired) electrons. The Hall–Kier alpha value is -1.36. The lowest BCUT2D eigenvalue weighted by Gasteiger charge is -2.41. The quantitative estimate of drug-likeness (QED) is 0.266. The maximum atomic E-state index is 12.2. The molecule has 1 saturated heterocycles. The van der Waals surface area contributed by atoms with Crippen LogP contribution in [0.1, 0.15) is 52.4 Å². The van der Waals surface area contributed by atoms with Crippen molar-refractivity contribution >= 4 is 11.9 Å². The summed E-state index contributed by atoms with van der Waals surface area (Å²) < 4.78 is 5.97. The van der Waals surface area contributed by atoms with Crippen molar-refractivity contribution < 1.29 is 18.8 Å². The van der Waals surface area contributed by atoms with Crippen LogP contribution in [-0.2, 0) is 14.3 Å². The Bertz CT molecular complexity index is 413. The van der Waals surface area contributed by atoms with Crippen molar-refractivity contribution in [1.82, 2.24) is 4.90 Å². The summed E-state index contributed by atoms with van der Waals surface area (Å²) in [5.41, 5.74) is 0. The SMILES string of the molecule is CC[N+]1(C)CCN(C(=O)/C=C/CCCCCCCOC(C)=O)CC1. The summed E-state index contributed by atoms with van der Waals surface area (Å²) >= 11 is 0. The molecule has 24 heavy (non-hydrogen) atoms. The fraction of sp³-hybridized carbons (Fsp3) is 0.789. The van der Waals surface area contributed by atoms with E-state index in [0.717, 1.165) is 75.7 Å². The van der Waals surface area contributed by atoms with Gasteiger partial charge in [0.1, 0.15) is 0 Å². The first-order valence-electron chi connectivity index (χ1n) is 9.39. The third-order valence-corrected chi connectivity index (χ3v) is 4.98. The van der Waals surface area contributed by atoms with E-state index in [0.29, 0.717) is 6.61 Å². The van der Waals surface area contributed by atoms with Gasteiger partial charge in [-0.1, -0.05) is 25.3 Å². The Kier molecular flexibility index (Phi) is 9.69. The van der Waals surface area contributed by atoms with E-state index in [-0.39, 0.29) is 11.9 Å². The van der Waals surface area contributed by atoms with Crippen molar-refractivity contribution in [2.75, 3.05) is 46.4 Å². The summed E-state index contributed by atoms with van der Waals surface area (Å²) in [7, 11) is 2.27. The van der Waals surface area contributed by atoms with Crippen molar-refractivity contribution in [3.8, 4) is 0 Å². The zero-order valence-corrected chi connectivity index (χ0v) is 15.8. The number of quaternary nitrogens is 1. The minimum absolute atomic E-state index is 0.165. The van der Waals surface area contributed by atoms with Crippen LogP contribution in [0.3, 0.4) is 0 Å². The first-order chi connectivity index (χ1) is 11.5. The van der Waals surface area contributed by atoms with Crippen molar-refractivity contribution in [3.05, 3.63) is 12.2 Å². The molecule has 0 aromatic heterocycles. The van der Waals surface area contributed by atoms with Gasteiger partial charge in [0, 0.05) is 6.92 Å². The third-order valence-electron chi connectivity index (χ3n) is 4.98. The molecule has 1 rings (SSSR count). The smallest absolute Gasteiger partial charge is 0.302 e. The largest absolute Gasteiger partial charge is 0.466 e. The van der Waals surface area contributed by atoms with Gasteiger partial charge in [-0.2, -0.15) is 0 Å². The van der Waals surface area contributed by atoms with E-state index in [9.17, 15) is 9.59 Å². The average Bonchev–Trinajstić information content (AvgIpc) is 2.56. The molecule has 0 aromatic rings. The Morgan fingerprint density at radius 1 is 1.08 bits per heavy atom. The number of hydrogen-bond donors (Lipinski definition) is 0. The number of esters is 1. The van der Waals surface area contributed by atoms with Crippen molar-refractivity contribution in [2.45, 2.75) is 52.4 Å². The summed E-state index contributed by atoms with van der Waals surface area (Å²) in [4.78, 5) is 24.7. The number of nitrogens with zero attached hydrogens (tertiary/aromatic N) is 2. The molecule has 5 nitrogen and oxygen atoms in total. The molecule has 1 fully saturated rings. The molecule has 1 aliphatic heterocycles. The lowest BCUT2D eigenvalue weighted by molar-refractivity contribution is -0.911. The monoisotopic (exact) mass is 339 g/mol. The van der Waals surface area contributed by atoms with E-state index in [4.69, 9.17) is 4.74 Å². The minimum Gasteiger partial charge on any atom is -0.466 e. The second kappa shape index (κ2) is 11.2. The van der Waals surface area contributed by atoms with Crippen LogP contribution < -0.4 is 0 Å². The number of likely N-dealkylation sites (N-methyl/N-ethyl adjacent to an activating group) is 1. The Labute approximate surface area is 147 Å². The van der Waals surface area contributed by atoms with Crippen LogP contribution >= 0.6 is 0 Å². The highest BCUT2D eigenvalue weighted by atomic mass is 16.5. The highest BCUT2D eigenvalue weighted by Crippen LogP contribution is 2.10. The lowest BCUT2D eigenvalue weighted by atomic mass is 10.1. The van der Waals surface area contributed by atoms with Crippen LogP contribution in [-0.4, -0.2) is 67.6 Å². The molecule has 1 heterocycles. The van der Waals surface area contributed by atoms with Gasteiger partial charge in [0.25, 0.3) is 0 Å². The molecule has 0 unspecified atom stereocenters. The Morgan fingerprint density at radius 3 is 2.33 bits per heavy atom. The lowest BCUT2D eigenvalue weighted by Crippen LogP contribution is -2.57. The number of allylic oxidation sites excluding steroid dienone is 1. The summed E-state index contributed by atoms with van der Waals surface area (Å²) in [6.45, 7) is 9.19. The van der Waals surface area contributed by atoms with Crippen LogP contribution in [0.2, 0.25) is 0 Å². The predicted octanol–water partition coefficient (Wildman–Crippen LogP) is 2.76. The molecule has 1 amide bonds. The van der Waals surface area contributed by atoms with Crippen LogP contribution in [0.15, 0.2) is 12.2 Å². The van der Waals surface area contributed by atoms with Crippen molar-refractivity contribution in [1.29, 1.82) is 0 Å². The molecule has 138 valence electrons. The molecule has 0 aromatic carbocycles. The molecular weight excluding hydrogens is 304 g/mol. The fourth-order valence-electron chi connectivity index (χ4n) is 2.88. The number of ether oxygens (including phenoxy) is 1. The topological polar surface area (TPSA) is 46.6 Å². The van der Waals surface area contributed by atoms with Gasteiger partial charge in [-0.05, 0) is 32.3 Å². The maximum Gasteiger partial charge on any atom is 0.302 e. The molecule has 0 bridgehead atoms. The Balaban J connectivity index is 2.03. The van der Waals surface area contributed by atoms with E-state index in [1.54, 1.807) is 6.08 Å². The van der Waals surface area contributed by atoms with Crippen LogP contribution in [0.25, 0.3) is 0 Å². The van der Waals surface area contributed by atoms with Crippen LogP contribution in [0, 0.1) is 0 Å². The highest BCUT2D eigenvalue weighted by molar-refractivity contribution is 5.87. The maximum absolute atomic E-state index is 12.2. The van der Waals surface area contributed by atoms with Gasteiger partial charge >= 0.3 is 5.97 Å². The summed E-state index contributed by atoms with van der Waals surface area (Å²) in [5, 5.41) is 0. The molecular formula is C19H35N2O3+. The van der Waals surface area contributed by atoms with Crippen molar-refractivity contribution in [2.24, 2.45) is 0 Å². The number of carbonyl (C=O) groups excluding carboxylic acids is 2. The van der Waals surface area contributed by atoms with Gasteiger partial charge in [0.2, 0.25) is 5.91 Å². The van der Waals surface area contributed by atoms with Crippen LogP contribution in [0.4, 0.5) is 0 Å². The molecule has 5 heteroatoms. The van der Waals surface area contributed by atoms with Gasteiger partial charge in [-0.25, -0.2) is 0 Å². The summed E-state index contributed by atoms with van der Waals surface area (Å²) in [6, 6.07) is 0. The number of piperazine rings is 1. The Morgan fingerprint density at radius 2 is 1.71 bits per heavy atom. The number of amides is 1. The van der Waals surface area contributed by atoms with E-state index in [1.807, 2.05) is 11.0 Å². The van der Waals surface area contributed by atoms with E-state index >= 15 is 0 Å². The standard InChI is InChI=1S/C19H35N2O3/c1-4-21(3)15-13-20(14-16-21)19(23)12-10-8-6-5-7-9-11-17-24-18(2)22/h10,12H,4-9,11,13-17H2,1-3H3/q+1/b12-10+. The van der Waals surface area contributed by atoms with Crippen LogP contribution in [0.5, 0.6) is 0 Å². The molecule has 1 aliphatic rings. The number of rotatable bonds is 10. The number of carbonyl (C=O) groups is 2. The zero-order chi connectivity index (χ0) is 17.8. The van der Waals surface area contributed by atoms with Gasteiger partial charge in [-0.3, -0.25) is 9.59 Å². The first kappa shape index (κ1) is 20.7. The van der Waals surface area contributed by atoms with Gasteiger partial charge < -0.3 is 14.1 Å². The normalized spacial score (nSPS) is 17.2. The average molecular weight is 340 g/mol. The van der Waals surface area contributed by atoms with Crippen molar-refractivity contribution in [3.63, 3.8) is 0 Å². The predicted molar refractivity (Wildman–Crippen MR) is 96.5 cm³/mol. The molecule has 0 saturated carbocycles. The molecule has 0 spiro atoms. The third kappa shape index (κ3) is 8.48. The fourth-order valence-corrected chi connectivity index (χ4v) is 2.88. The molecule has 0 atom stereocenters. The van der Waals surface area contributed by atoms with E-state index < -0.39 is 0 Å². The molecule has 0 aliphatic carbocycles. The number of hydrogen-bond acceptors (Lipinski definition) is 3. The van der Waals surface area contributed by atoms with Gasteiger partial charge in [-0.15, -0.1) is 0 Å². The summed E-state index contributed by atoms with van der Waals surface area (Å²) in [5.74, 6) is -0.0319. The van der Waals surface area contributed by atoms with Gasteiger partial charge in [0.05, 0.1) is 46.4 Å². The van der Waals surface area contributed by atoms with E-state index in [1.165, 1.54) is 6.92 Å². The first-order valence-corrected chi connectivity index (χ1v) is 9.39. The van der Waals surface area contributed by atoms with E-state index in [2.05, 4.69) is 14.0 Å². The number of unbranched alkanes of at least 4 members (excludes halogenated alkanes) is 5. The molecule has 0 N–H and O–H groups in total. The van der Waals surface area contributed by atoms with Gasteiger partial charge in [0.15, 0.2) is 0 Å². The zero-order valence-electron chi connectivity index (χ0n) is 15.8. The highest BCUT2D eigenvalue weighted by Gasteiger charge is 2.28. The second-order valence-corrected chi connectivity index (χ2v) is 7.01. The second-order valence-electron chi connectivity index (χ2n) is 7.01.